The van der Waals surface area contributed by atoms with Crippen molar-refractivity contribution < 1.29 is 14.2 Å². The van der Waals surface area contributed by atoms with Crippen LogP contribution in [-0.4, -0.2) is 26.6 Å². The third-order valence-electron chi connectivity index (χ3n) is 2.51. The van der Waals surface area contributed by atoms with Gasteiger partial charge in [-0.2, -0.15) is 0 Å². The minimum Gasteiger partial charge on any atom is -0.454 e. The first-order valence-electron chi connectivity index (χ1n) is 5.40. The van der Waals surface area contributed by atoms with Crippen molar-refractivity contribution in [2.75, 3.05) is 20.5 Å². The van der Waals surface area contributed by atoms with Crippen LogP contribution in [0.4, 0.5) is 0 Å². The maximum absolute atomic E-state index is 5.32. The molecule has 1 aliphatic heterocycles. The van der Waals surface area contributed by atoms with Gasteiger partial charge in [-0.1, -0.05) is 6.07 Å². The molecule has 88 valence electrons. The molecule has 4 nitrogen and oxygen atoms in total. The van der Waals surface area contributed by atoms with Gasteiger partial charge < -0.3 is 19.5 Å². The first kappa shape index (κ1) is 11.2. The molecule has 0 radical (unpaired) electrons. The van der Waals surface area contributed by atoms with Crippen LogP contribution in [0.5, 0.6) is 11.5 Å². The van der Waals surface area contributed by atoms with Crippen LogP contribution in [0.3, 0.4) is 0 Å². The highest BCUT2D eigenvalue weighted by molar-refractivity contribution is 5.44. The van der Waals surface area contributed by atoms with Crippen LogP contribution in [-0.2, 0) is 11.3 Å². The summed E-state index contributed by atoms with van der Waals surface area (Å²) in [6.45, 7) is 3.94. The lowest BCUT2D eigenvalue weighted by Gasteiger charge is -2.12. The molecule has 0 spiro atoms. The molecule has 1 aliphatic rings. The Balaban J connectivity index is 1.90. The zero-order valence-electron chi connectivity index (χ0n) is 9.66. The van der Waals surface area contributed by atoms with Gasteiger partial charge in [0.05, 0.1) is 6.61 Å². The Morgan fingerprint density at radius 2 is 2.19 bits per heavy atom. The van der Waals surface area contributed by atoms with E-state index in [-0.39, 0.29) is 0 Å². The van der Waals surface area contributed by atoms with E-state index in [1.807, 2.05) is 18.2 Å². The van der Waals surface area contributed by atoms with Crippen molar-refractivity contribution in [3.8, 4) is 11.5 Å². The fourth-order valence-electron chi connectivity index (χ4n) is 1.65. The summed E-state index contributed by atoms with van der Waals surface area (Å²) in [7, 11) is 1.71. The lowest BCUT2D eigenvalue weighted by atomic mass is 10.2. The quantitative estimate of drug-likeness (QED) is 0.822. The number of hydrogen-bond donors (Lipinski definition) is 1. The van der Waals surface area contributed by atoms with Crippen molar-refractivity contribution in [1.82, 2.24) is 5.32 Å². The van der Waals surface area contributed by atoms with Gasteiger partial charge in [-0.3, -0.25) is 0 Å². The molecule has 0 unspecified atom stereocenters. The first-order chi connectivity index (χ1) is 7.79. The average molecular weight is 223 g/mol. The summed E-state index contributed by atoms with van der Waals surface area (Å²) in [5.74, 6) is 1.66. The van der Waals surface area contributed by atoms with E-state index >= 15 is 0 Å². The van der Waals surface area contributed by atoms with Crippen molar-refractivity contribution >= 4 is 0 Å². The monoisotopic (exact) mass is 223 g/mol. The largest absolute Gasteiger partial charge is 0.454 e. The number of rotatable bonds is 5. The molecular formula is C12H17NO3. The fourth-order valence-corrected chi connectivity index (χ4v) is 1.65. The maximum atomic E-state index is 5.32. The molecule has 1 N–H and O–H groups in total. The minimum atomic E-state index is 0.326. The van der Waals surface area contributed by atoms with Gasteiger partial charge in [0.25, 0.3) is 0 Å². The smallest absolute Gasteiger partial charge is 0.231 e. The van der Waals surface area contributed by atoms with Crippen molar-refractivity contribution in [2.45, 2.75) is 19.5 Å². The van der Waals surface area contributed by atoms with E-state index in [9.17, 15) is 0 Å². The second-order valence-electron chi connectivity index (χ2n) is 3.92. The molecular weight excluding hydrogens is 206 g/mol. The number of hydrogen-bond acceptors (Lipinski definition) is 4. The van der Waals surface area contributed by atoms with E-state index in [0.717, 1.165) is 18.0 Å². The van der Waals surface area contributed by atoms with E-state index < -0.39 is 0 Å². The van der Waals surface area contributed by atoms with E-state index in [1.54, 1.807) is 7.11 Å². The molecule has 1 aromatic rings. The molecule has 2 rings (SSSR count). The molecule has 0 bridgehead atoms. The van der Waals surface area contributed by atoms with Crippen LogP contribution in [0.2, 0.25) is 0 Å². The summed E-state index contributed by atoms with van der Waals surface area (Å²) < 4.78 is 15.6. The van der Waals surface area contributed by atoms with E-state index in [2.05, 4.69) is 12.2 Å². The predicted molar refractivity (Wildman–Crippen MR) is 60.7 cm³/mol. The zero-order valence-corrected chi connectivity index (χ0v) is 9.66. The normalized spacial score (nSPS) is 15.1. The molecule has 0 amide bonds. The molecule has 1 aromatic carbocycles. The Hall–Kier alpha value is -1.26. The van der Waals surface area contributed by atoms with Crippen molar-refractivity contribution in [2.24, 2.45) is 0 Å². The molecule has 1 atom stereocenters. The first-order valence-corrected chi connectivity index (χ1v) is 5.40. The van der Waals surface area contributed by atoms with E-state index in [1.165, 1.54) is 5.56 Å². The highest BCUT2D eigenvalue weighted by Gasteiger charge is 2.13. The second-order valence-corrected chi connectivity index (χ2v) is 3.92. The average Bonchev–Trinajstić information content (AvgIpc) is 2.74. The van der Waals surface area contributed by atoms with E-state index in [4.69, 9.17) is 14.2 Å². The Labute approximate surface area is 95.5 Å². The Kier molecular flexibility index (Phi) is 3.64. The van der Waals surface area contributed by atoms with Gasteiger partial charge >= 0.3 is 0 Å². The molecule has 1 heterocycles. The lowest BCUT2D eigenvalue weighted by Crippen LogP contribution is -2.29. The molecule has 4 heteroatoms. The van der Waals surface area contributed by atoms with Crippen LogP contribution >= 0.6 is 0 Å². The number of nitrogens with one attached hydrogen (secondary N) is 1. The topological polar surface area (TPSA) is 39.7 Å². The van der Waals surface area contributed by atoms with Crippen LogP contribution in [0.1, 0.15) is 12.5 Å². The summed E-state index contributed by atoms with van der Waals surface area (Å²) in [4.78, 5) is 0. The molecule has 0 fully saturated rings. The van der Waals surface area contributed by atoms with Gasteiger partial charge in [0.15, 0.2) is 11.5 Å². The summed E-state index contributed by atoms with van der Waals surface area (Å²) in [6.07, 6.45) is 0. The van der Waals surface area contributed by atoms with Gasteiger partial charge in [0.1, 0.15) is 0 Å². The summed E-state index contributed by atoms with van der Waals surface area (Å²) in [5, 5.41) is 3.37. The predicted octanol–water partition coefficient (Wildman–Crippen LogP) is 1.54. The third-order valence-corrected chi connectivity index (χ3v) is 2.51. The summed E-state index contributed by atoms with van der Waals surface area (Å²) in [6, 6.07) is 6.34. The number of methoxy groups -OCH3 is 1. The number of benzene rings is 1. The van der Waals surface area contributed by atoms with Crippen LogP contribution in [0.15, 0.2) is 18.2 Å². The summed E-state index contributed by atoms with van der Waals surface area (Å²) in [5.41, 5.74) is 1.19. The Bertz CT molecular complexity index is 354. The third kappa shape index (κ3) is 2.65. The van der Waals surface area contributed by atoms with Gasteiger partial charge in [-0.15, -0.1) is 0 Å². The van der Waals surface area contributed by atoms with E-state index in [0.29, 0.717) is 19.4 Å². The lowest BCUT2D eigenvalue weighted by molar-refractivity contribution is 0.171. The molecule has 0 aromatic heterocycles. The highest BCUT2D eigenvalue weighted by Crippen LogP contribution is 2.32. The van der Waals surface area contributed by atoms with Crippen LogP contribution < -0.4 is 14.8 Å². The minimum absolute atomic E-state index is 0.326. The molecule has 16 heavy (non-hydrogen) atoms. The van der Waals surface area contributed by atoms with Gasteiger partial charge in [0.2, 0.25) is 6.79 Å². The SMILES string of the molecule is COC[C@H](C)NCc1ccc2c(c1)OCO2. The zero-order chi connectivity index (χ0) is 11.4. The van der Waals surface area contributed by atoms with Crippen molar-refractivity contribution in [1.29, 1.82) is 0 Å². The number of fused-ring (bicyclic) bond motifs is 1. The summed E-state index contributed by atoms with van der Waals surface area (Å²) >= 11 is 0. The highest BCUT2D eigenvalue weighted by atomic mass is 16.7. The maximum Gasteiger partial charge on any atom is 0.231 e. The Morgan fingerprint density at radius 3 is 3.00 bits per heavy atom. The van der Waals surface area contributed by atoms with Crippen LogP contribution in [0.25, 0.3) is 0 Å². The van der Waals surface area contributed by atoms with Crippen LogP contribution in [0, 0.1) is 0 Å². The molecule has 0 saturated carbocycles. The second kappa shape index (κ2) is 5.18. The standard InChI is InChI=1S/C12H17NO3/c1-9(7-14-2)13-6-10-3-4-11-12(5-10)16-8-15-11/h3-5,9,13H,6-8H2,1-2H3/t9-/m0/s1. The van der Waals surface area contributed by atoms with Crippen molar-refractivity contribution in [3.63, 3.8) is 0 Å². The van der Waals surface area contributed by atoms with Gasteiger partial charge in [-0.25, -0.2) is 0 Å². The molecule has 0 aliphatic carbocycles. The van der Waals surface area contributed by atoms with Crippen molar-refractivity contribution in [3.05, 3.63) is 23.8 Å². The van der Waals surface area contributed by atoms with Gasteiger partial charge in [-0.05, 0) is 24.6 Å². The van der Waals surface area contributed by atoms with Gasteiger partial charge in [0, 0.05) is 19.7 Å². The Morgan fingerprint density at radius 1 is 1.38 bits per heavy atom. The molecule has 0 saturated heterocycles. The fraction of sp³-hybridized carbons (Fsp3) is 0.500. The number of ether oxygens (including phenoxy) is 3.